The van der Waals surface area contributed by atoms with Gasteiger partial charge in [-0.05, 0) is 57.5 Å². The highest BCUT2D eigenvalue weighted by Crippen LogP contribution is 2.45. The number of ether oxygens (including phenoxy) is 1. The van der Waals surface area contributed by atoms with E-state index in [-0.39, 0.29) is 30.5 Å². The lowest BCUT2D eigenvalue weighted by Gasteiger charge is -2.38. The Balaban J connectivity index is 1.40. The van der Waals surface area contributed by atoms with Crippen LogP contribution in [0.1, 0.15) is 38.1 Å². The van der Waals surface area contributed by atoms with Gasteiger partial charge in [0.2, 0.25) is 11.8 Å². The zero-order valence-electron chi connectivity index (χ0n) is 25.4. The number of likely N-dealkylation sites (N-methyl/N-ethyl adjacent to an activating group) is 1. The molecule has 7 rings (SSSR count). The predicted octanol–water partition coefficient (Wildman–Crippen LogP) is 6.61. The molecule has 0 radical (unpaired) electrons. The van der Waals surface area contributed by atoms with E-state index < -0.39 is 0 Å². The summed E-state index contributed by atoms with van der Waals surface area (Å²) in [6, 6.07) is 13.8. The van der Waals surface area contributed by atoms with Gasteiger partial charge in [-0.1, -0.05) is 59.3 Å². The summed E-state index contributed by atoms with van der Waals surface area (Å²) in [5.41, 5.74) is 3.96. The molecule has 1 amide bonds. The lowest BCUT2D eigenvalue weighted by Crippen LogP contribution is -2.45. The van der Waals surface area contributed by atoms with Gasteiger partial charge in [-0.2, -0.15) is 5.26 Å². The number of carbonyl (C=O) groups excluding carboxylic acids is 1. The lowest BCUT2D eigenvalue weighted by molar-refractivity contribution is -0.130. The van der Waals surface area contributed by atoms with Crippen LogP contribution in [-0.2, 0) is 4.79 Å². The fraction of sp³-hybridized carbons (Fsp3) is 0.353. The molecule has 5 aromatic rings. The number of hydrogen-bond acceptors (Lipinski definition) is 8. The van der Waals surface area contributed by atoms with Crippen LogP contribution in [0.5, 0.6) is 5.88 Å². The number of carbonyl (C=O) groups is 1. The summed E-state index contributed by atoms with van der Waals surface area (Å²) >= 11 is 14.3. The fourth-order valence-electron chi connectivity index (χ4n) is 6.97. The average Bonchev–Trinajstić information content (AvgIpc) is 3.70. The van der Waals surface area contributed by atoms with E-state index in [0.717, 1.165) is 35.9 Å². The summed E-state index contributed by atoms with van der Waals surface area (Å²) in [4.78, 5) is 26.2. The molecule has 12 heteroatoms. The lowest BCUT2D eigenvalue weighted by atomic mass is 9.94. The molecule has 0 spiro atoms. The normalized spacial score (nSPS) is 20.4. The zero-order valence-corrected chi connectivity index (χ0v) is 26.9. The van der Waals surface area contributed by atoms with E-state index in [9.17, 15) is 10.1 Å². The number of nitriles is 1. The summed E-state index contributed by atoms with van der Waals surface area (Å²) < 4.78 is 8.30. The van der Waals surface area contributed by atoms with Gasteiger partial charge in [0.25, 0.3) is 0 Å². The second-order valence-corrected chi connectivity index (χ2v) is 12.8. The average molecular weight is 656 g/mol. The van der Waals surface area contributed by atoms with Crippen LogP contribution < -0.4 is 4.74 Å². The number of rotatable bonds is 7. The molecule has 2 fully saturated rings. The third-order valence-corrected chi connectivity index (χ3v) is 10.0. The third-order valence-electron chi connectivity index (χ3n) is 9.36. The molecule has 0 saturated carbocycles. The number of hydrogen-bond donors (Lipinski definition) is 0. The maximum atomic E-state index is 12.6. The SMILES string of the molecule is C=CC(=O)N1CC[C@H](n2nnc3c(OC[C@@H]4CCCN4C)nc4c(Cl)c(-c5cccc6cccnc56)c(Cl)cc4c32)C[C@H]1CC#N. The molecular weight excluding hydrogens is 623 g/mol. The quantitative estimate of drug-likeness (QED) is 0.180. The standard InChI is InChI=1S/C34H32Cl2N8O2/c1-3-27(45)43-16-12-22(17-21(43)11-13-37)44-33-25-18-26(35)28(24-10-4-7-20-8-5-14-38-30(20)24)29(36)31(25)39-34(32(33)40-41-44)46-19-23-9-6-15-42(23)2/h3-5,7-8,10,14,18,21-23H,1,6,9,11-12,15-17,19H2,2H3/t21-,22+,23+/m1/s1. The van der Waals surface area contributed by atoms with Gasteiger partial charge in [0.15, 0.2) is 5.52 Å². The Morgan fingerprint density at radius 2 is 2.00 bits per heavy atom. The van der Waals surface area contributed by atoms with Gasteiger partial charge in [0.1, 0.15) is 12.1 Å². The van der Waals surface area contributed by atoms with Gasteiger partial charge in [0.05, 0.1) is 39.6 Å². The number of benzene rings is 2. The second kappa shape index (κ2) is 12.5. The number of para-hydroxylation sites is 1. The number of piperidine rings is 1. The number of amides is 1. The largest absolute Gasteiger partial charge is 0.474 e. The van der Waals surface area contributed by atoms with E-state index in [1.54, 1.807) is 11.1 Å². The highest BCUT2D eigenvalue weighted by Gasteiger charge is 2.34. The van der Waals surface area contributed by atoms with Crippen molar-refractivity contribution < 1.29 is 9.53 Å². The van der Waals surface area contributed by atoms with Crippen molar-refractivity contribution in [1.29, 1.82) is 5.26 Å². The molecule has 3 aromatic heterocycles. The van der Waals surface area contributed by atoms with Gasteiger partial charge < -0.3 is 14.5 Å². The molecule has 2 aliphatic rings. The number of pyridine rings is 2. The third kappa shape index (κ3) is 5.22. The van der Waals surface area contributed by atoms with Crippen molar-refractivity contribution >= 4 is 61.9 Å². The van der Waals surface area contributed by atoms with Crippen LogP contribution in [-0.4, -0.2) is 79.5 Å². The Morgan fingerprint density at radius 3 is 2.78 bits per heavy atom. The first-order valence-corrected chi connectivity index (χ1v) is 16.2. The van der Waals surface area contributed by atoms with Crippen molar-refractivity contribution in [1.82, 2.24) is 34.8 Å². The number of aromatic nitrogens is 5. The molecule has 3 atom stereocenters. The maximum Gasteiger partial charge on any atom is 0.246 e. The van der Waals surface area contributed by atoms with E-state index in [2.05, 4.69) is 39.9 Å². The summed E-state index contributed by atoms with van der Waals surface area (Å²) in [6.07, 6.45) is 6.55. The summed E-state index contributed by atoms with van der Waals surface area (Å²) in [7, 11) is 2.10. The van der Waals surface area contributed by atoms with Crippen molar-refractivity contribution in [2.45, 2.75) is 50.2 Å². The molecule has 2 aliphatic heterocycles. The summed E-state index contributed by atoms with van der Waals surface area (Å²) in [5, 5.41) is 21.3. The Labute approximate surface area is 276 Å². The van der Waals surface area contributed by atoms with Crippen LogP contribution in [0.15, 0.2) is 55.3 Å². The molecule has 234 valence electrons. The van der Waals surface area contributed by atoms with Gasteiger partial charge in [-0.3, -0.25) is 9.78 Å². The van der Waals surface area contributed by atoms with Crippen molar-refractivity contribution in [3.63, 3.8) is 0 Å². The van der Waals surface area contributed by atoms with Crippen molar-refractivity contribution in [3.05, 3.63) is 65.3 Å². The first kappa shape index (κ1) is 30.4. The molecule has 10 nitrogen and oxygen atoms in total. The van der Waals surface area contributed by atoms with Gasteiger partial charge in [-0.25, -0.2) is 9.67 Å². The molecule has 0 unspecified atom stereocenters. The number of nitrogens with zero attached hydrogens (tertiary/aromatic N) is 8. The van der Waals surface area contributed by atoms with Gasteiger partial charge in [-0.15, -0.1) is 5.10 Å². The van der Waals surface area contributed by atoms with E-state index >= 15 is 0 Å². The van der Waals surface area contributed by atoms with Crippen molar-refractivity contribution in [3.8, 4) is 23.1 Å². The highest BCUT2D eigenvalue weighted by molar-refractivity contribution is 6.44. The van der Waals surface area contributed by atoms with Crippen LogP contribution in [0.3, 0.4) is 0 Å². The van der Waals surface area contributed by atoms with E-state index in [1.165, 1.54) is 6.08 Å². The van der Waals surface area contributed by atoms with Crippen LogP contribution >= 0.6 is 23.2 Å². The molecular formula is C34H32Cl2N8O2. The smallest absolute Gasteiger partial charge is 0.246 e. The highest BCUT2D eigenvalue weighted by atomic mass is 35.5. The maximum absolute atomic E-state index is 12.6. The Morgan fingerprint density at radius 1 is 1.15 bits per heavy atom. The Bertz CT molecular complexity index is 2030. The van der Waals surface area contributed by atoms with Gasteiger partial charge >= 0.3 is 0 Å². The number of fused-ring (bicyclic) bond motifs is 4. The summed E-state index contributed by atoms with van der Waals surface area (Å²) in [5.74, 6) is 0.173. The van der Waals surface area contributed by atoms with E-state index in [0.29, 0.717) is 69.4 Å². The molecule has 2 saturated heterocycles. The predicted molar refractivity (Wildman–Crippen MR) is 179 cm³/mol. The van der Waals surface area contributed by atoms with E-state index in [4.69, 9.17) is 32.9 Å². The fourth-order valence-corrected chi connectivity index (χ4v) is 7.68. The molecule has 0 bridgehead atoms. The topological polar surface area (TPSA) is 113 Å². The monoisotopic (exact) mass is 654 g/mol. The number of halogens is 2. The Hall–Kier alpha value is -4.30. The van der Waals surface area contributed by atoms with Crippen LogP contribution in [0, 0.1) is 11.3 Å². The van der Waals surface area contributed by atoms with Crippen LogP contribution in [0.25, 0.3) is 44.0 Å². The van der Waals surface area contributed by atoms with Crippen molar-refractivity contribution in [2.75, 3.05) is 26.7 Å². The molecule has 46 heavy (non-hydrogen) atoms. The minimum Gasteiger partial charge on any atom is -0.474 e. The zero-order chi connectivity index (χ0) is 31.9. The minimum atomic E-state index is -0.284. The van der Waals surface area contributed by atoms with Crippen molar-refractivity contribution in [2.24, 2.45) is 0 Å². The molecule has 2 aromatic carbocycles. The molecule has 5 heterocycles. The first-order valence-electron chi connectivity index (χ1n) is 15.4. The molecule has 0 N–H and O–H groups in total. The van der Waals surface area contributed by atoms with E-state index in [1.807, 2.05) is 41.1 Å². The second-order valence-electron chi connectivity index (χ2n) is 12.0. The van der Waals surface area contributed by atoms with Crippen LogP contribution in [0.4, 0.5) is 0 Å². The van der Waals surface area contributed by atoms with Crippen LogP contribution in [0.2, 0.25) is 10.0 Å². The summed E-state index contributed by atoms with van der Waals surface area (Å²) in [6.45, 7) is 5.58. The Kier molecular flexibility index (Phi) is 8.24. The first-order chi connectivity index (χ1) is 22.4. The number of likely N-dealkylation sites (tertiary alicyclic amines) is 2. The minimum absolute atomic E-state index is 0.142. The van der Waals surface area contributed by atoms with Gasteiger partial charge in [0, 0.05) is 46.7 Å². The molecule has 0 aliphatic carbocycles.